The molecule has 7 heteroatoms. The van der Waals surface area contributed by atoms with Crippen molar-refractivity contribution in [3.8, 4) is 0 Å². The molecule has 1 rings (SSSR count). The van der Waals surface area contributed by atoms with Crippen LogP contribution in [0.5, 0.6) is 0 Å². The summed E-state index contributed by atoms with van der Waals surface area (Å²) in [5.41, 5.74) is 0.748. The highest BCUT2D eigenvalue weighted by molar-refractivity contribution is 14.1. The third kappa shape index (κ3) is 5.29. The Morgan fingerprint density at radius 1 is 0.941 bits per heavy atom. The topological polar surface area (TPSA) is 0 Å². The summed E-state index contributed by atoms with van der Waals surface area (Å²) in [6.07, 6.45) is 0.172. The summed E-state index contributed by atoms with van der Waals surface area (Å²) in [6.45, 7) is 0. The van der Waals surface area contributed by atoms with Crippen LogP contribution in [-0.2, 0) is 4.87 Å². The largest absolute Gasteiger partial charge is 0.192 e. The molecule has 1 unspecified atom stereocenters. The van der Waals surface area contributed by atoms with Gasteiger partial charge in [-0.15, -0.1) is 11.6 Å². The van der Waals surface area contributed by atoms with E-state index >= 15 is 0 Å². The van der Waals surface area contributed by atoms with Crippen LogP contribution >= 0.6 is 92.2 Å². The summed E-state index contributed by atoms with van der Waals surface area (Å²) in [6, 6.07) is 5.09. The van der Waals surface area contributed by atoms with Gasteiger partial charge in [0.15, 0.2) is 3.79 Å². The second-order valence-corrected chi connectivity index (χ2v) is 8.42. The van der Waals surface area contributed by atoms with Gasteiger partial charge in [0.2, 0.25) is 0 Å². The van der Waals surface area contributed by atoms with Gasteiger partial charge in [-0.05, 0) is 23.8 Å². The Hall–Kier alpha value is 1.69. The molecule has 0 aliphatic rings. The Morgan fingerprint density at radius 2 is 1.41 bits per heavy atom. The lowest BCUT2D eigenvalue weighted by molar-refractivity contribution is 0.638. The zero-order chi connectivity index (χ0) is 13.3. The van der Waals surface area contributed by atoms with E-state index in [1.807, 2.05) is 0 Å². The van der Waals surface area contributed by atoms with Gasteiger partial charge < -0.3 is 0 Å². The van der Waals surface area contributed by atoms with Crippen molar-refractivity contribution in [3.63, 3.8) is 0 Å². The first-order valence-electron chi connectivity index (χ1n) is 4.44. The Kier molecular flexibility index (Phi) is 6.33. The molecule has 0 saturated heterocycles. The normalized spacial score (nSPS) is 15.7. The molecule has 0 N–H and O–H groups in total. The van der Waals surface area contributed by atoms with Crippen molar-refractivity contribution in [2.45, 2.75) is 15.1 Å². The highest BCUT2D eigenvalue weighted by Gasteiger charge is 2.37. The van der Waals surface area contributed by atoms with Crippen LogP contribution < -0.4 is 0 Å². The number of hydrogen-bond donors (Lipinski definition) is 0. The second kappa shape index (κ2) is 6.43. The van der Waals surface area contributed by atoms with Gasteiger partial charge in [-0.1, -0.05) is 80.6 Å². The van der Waals surface area contributed by atoms with E-state index in [0.717, 1.165) is 5.56 Å². The van der Waals surface area contributed by atoms with E-state index in [9.17, 15) is 0 Å². The van der Waals surface area contributed by atoms with Crippen LogP contribution in [0.3, 0.4) is 0 Å². The lowest BCUT2D eigenvalue weighted by atomic mass is 9.97. The Balaban J connectivity index is 3.15. The van der Waals surface area contributed by atoms with E-state index in [1.165, 1.54) is 0 Å². The lowest BCUT2D eigenvalue weighted by Crippen LogP contribution is -2.27. The smallest absolute Gasteiger partial charge is 0.113 e. The van der Waals surface area contributed by atoms with E-state index in [2.05, 4.69) is 22.6 Å². The summed E-state index contributed by atoms with van der Waals surface area (Å²) in [7, 11) is 0. The quantitative estimate of drug-likeness (QED) is 0.347. The average Bonchev–Trinajstić information content (AvgIpc) is 2.13. The Bertz CT molecular complexity index is 382. The van der Waals surface area contributed by atoms with Gasteiger partial charge in [0.1, 0.15) is 0 Å². The fourth-order valence-electron chi connectivity index (χ4n) is 1.36. The molecule has 0 amide bonds. The van der Waals surface area contributed by atoms with E-state index in [0.29, 0.717) is 14.5 Å². The molecular weight excluding hydrogens is 460 g/mol. The fraction of sp³-hybridized carbons (Fsp3) is 0.400. The first kappa shape index (κ1) is 16.7. The van der Waals surface area contributed by atoms with Crippen LogP contribution in [0, 0.1) is 0 Å². The van der Waals surface area contributed by atoms with E-state index < -0.39 is 8.67 Å². The lowest BCUT2D eigenvalue weighted by Gasteiger charge is -2.29. The summed E-state index contributed by atoms with van der Waals surface area (Å²) >= 11 is 37.9. The molecule has 0 aromatic heterocycles. The van der Waals surface area contributed by atoms with Gasteiger partial charge in [0.25, 0.3) is 0 Å². The predicted molar refractivity (Wildman–Crippen MR) is 87.8 cm³/mol. The minimum absolute atomic E-state index is 0.172. The van der Waals surface area contributed by atoms with E-state index in [4.69, 9.17) is 69.6 Å². The Morgan fingerprint density at radius 3 is 1.76 bits per heavy atom. The maximum atomic E-state index is 6.50. The molecule has 0 aliphatic heterocycles. The zero-order valence-electron chi connectivity index (χ0n) is 8.29. The zero-order valence-corrected chi connectivity index (χ0v) is 15.0. The summed E-state index contributed by atoms with van der Waals surface area (Å²) in [5, 5.41) is 1.01. The minimum atomic E-state index is -1.43. The molecule has 0 radical (unpaired) electrons. The van der Waals surface area contributed by atoms with Gasteiger partial charge in [-0.2, -0.15) is 0 Å². The van der Waals surface area contributed by atoms with Crippen LogP contribution in [0.2, 0.25) is 10.0 Å². The first-order chi connectivity index (χ1) is 7.66. The van der Waals surface area contributed by atoms with Crippen molar-refractivity contribution in [2.75, 3.05) is 4.43 Å². The molecule has 0 nitrogen and oxygen atoms in total. The van der Waals surface area contributed by atoms with Gasteiger partial charge in [0.05, 0.1) is 4.87 Å². The number of benzene rings is 1. The molecule has 0 fully saturated rings. The number of hydrogen-bond acceptors (Lipinski definition) is 0. The van der Waals surface area contributed by atoms with Gasteiger partial charge in [-0.3, -0.25) is 0 Å². The third-order valence-electron chi connectivity index (χ3n) is 2.07. The van der Waals surface area contributed by atoms with Crippen molar-refractivity contribution < 1.29 is 0 Å². The van der Waals surface area contributed by atoms with Gasteiger partial charge >= 0.3 is 0 Å². The summed E-state index contributed by atoms with van der Waals surface area (Å²) in [4.78, 5) is -0.805. The van der Waals surface area contributed by atoms with Crippen molar-refractivity contribution in [1.82, 2.24) is 0 Å². The third-order valence-corrected chi connectivity index (χ3v) is 5.15. The van der Waals surface area contributed by atoms with Crippen LogP contribution in [0.1, 0.15) is 12.0 Å². The SMILES string of the molecule is Clc1cc(Cl)cc(C(Cl)(CI)CC(Cl)(Cl)Cl)c1. The summed E-state index contributed by atoms with van der Waals surface area (Å²) in [5.74, 6) is 0. The van der Waals surface area contributed by atoms with Crippen molar-refractivity contribution in [3.05, 3.63) is 33.8 Å². The molecule has 1 aromatic rings. The van der Waals surface area contributed by atoms with Crippen LogP contribution in [0.25, 0.3) is 0 Å². The molecule has 0 heterocycles. The minimum Gasteiger partial charge on any atom is -0.113 e. The second-order valence-electron chi connectivity index (χ2n) is 3.55. The van der Waals surface area contributed by atoms with Crippen LogP contribution in [0.15, 0.2) is 18.2 Å². The van der Waals surface area contributed by atoms with Gasteiger partial charge in [-0.25, -0.2) is 0 Å². The maximum Gasteiger partial charge on any atom is 0.192 e. The van der Waals surface area contributed by atoms with E-state index in [-0.39, 0.29) is 6.42 Å². The molecule has 96 valence electrons. The first-order valence-corrected chi connectivity index (χ1v) is 8.24. The molecule has 1 atom stereocenters. The summed E-state index contributed by atoms with van der Waals surface area (Å²) < 4.78 is -0.862. The maximum absolute atomic E-state index is 6.50. The Labute approximate surface area is 144 Å². The standard InChI is InChI=1S/C10H7Cl6I/c11-7-1-6(2-8(12)3-7)9(13,5-17)4-10(14,15)16/h1-3H,4-5H2. The van der Waals surface area contributed by atoms with Crippen molar-refractivity contribution in [2.24, 2.45) is 0 Å². The van der Waals surface area contributed by atoms with Crippen LogP contribution in [-0.4, -0.2) is 8.22 Å². The molecule has 0 saturated carbocycles. The average molecular weight is 467 g/mol. The number of alkyl halides is 5. The molecule has 1 aromatic carbocycles. The molecule has 0 bridgehead atoms. The number of rotatable bonds is 3. The molecule has 17 heavy (non-hydrogen) atoms. The number of halogens is 7. The van der Waals surface area contributed by atoms with Crippen molar-refractivity contribution >= 4 is 92.2 Å². The highest BCUT2D eigenvalue weighted by atomic mass is 127. The monoisotopic (exact) mass is 464 g/mol. The fourth-order valence-corrected chi connectivity index (χ4v) is 3.79. The molecule has 0 aliphatic carbocycles. The van der Waals surface area contributed by atoms with Crippen LogP contribution in [0.4, 0.5) is 0 Å². The highest BCUT2D eigenvalue weighted by Crippen LogP contribution is 2.45. The molecular formula is C10H7Cl6I. The van der Waals surface area contributed by atoms with Gasteiger partial charge in [0, 0.05) is 20.9 Å². The van der Waals surface area contributed by atoms with Crippen molar-refractivity contribution in [1.29, 1.82) is 0 Å². The van der Waals surface area contributed by atoms with E-state index in [1.54, 1.807) is 18.2 Å². The predicted octanol–water partition coefficient (Wildman–Crippen LogP) is 6.62. The molecule has 0 spiro atoms.